The number of rotatable bonds is 4. The van der Waals surface area contributed by atoms with Crippen LogP contribution in [0.1, 0.15) is 55.7 Å². The maximum absolute atomic E-state index is 12.1. The van der Waals surface area contributed by atoms with Gasteiger partial charge >= 0.3 is 12.1 Å². The molecule has 0 aromatic heterocycles. The summed E-state index contributed by atoms with van der Waals surface area (Å²) in [6.45, 7) is 8.14. The fourth-order valence-electron chi connectivity index (χ4n) is 2.13. The standard InChI is InChI=1S/C16H23NO3/c1-6-14(15(18)20-16(19)17-5)13-8-11(4)7-12(9-13)10(2)3/h7-10,14H,6H2,1-5H3,(H,17,19). The van der Waals surface area contributed by atoms with Crippen LogP contribution < -0.4 is 5.32 Å². The molecule has 1 unspecified atom stereocenters. The van der Waals surface area contributed by atoms with Crippen molar-refractivity contribution >= 4 is 12.1 Å². The zero-order chi connectivity index (χ0) is 15.3. The maximum atomic E-state index is 12.1. The minimum atomic E-state index is -0.717. The summed E-state index contributed by atoms with van der Waals surface area (Å²) in [5.74, 6) is -0.530. The average Bonchev–Trinajstić information content (AvgIpc) is 2.38. The molecule has 1 atom stereocenters. The molecule has 1 N–H and O–H groups in total. The summed E-state index contributed by atoms with van der Waals surface area (Å²) >= 11 is 0. The quantitative estimate of drug-likeness (QED) is 0.677. The fraction of sp³-hybridized carbons (Fsp3) is 0.500. The molecule has 0 bridgehead atoms. The molecule has 4 nitrogen and oxygen atoms in total. The third-order valence-electron chi connectivity index (χ3n) is 3.28. The van der Waals surface area contributed by atoms with Gasteiger partial charge in [0, 0.05) is 7.05 Å². The van der Waals surface area contributed by atoms with E-state index < -0.39 is 18.0 Å². The van der Waals surface area contributed by atoms with Crippen molar-refractivity contribution in [1.82, 2.24) is 5.32 Å². The van der Waals surface area contributed by atoms with Crippen molar-refractivity contribution in [2.24, 2.45) is 0 Å². The van der Waals surface area contributed by atoms with Gasteiger partial charge in [0.05, 0.1) is 5.92 Å². The highest BCUT2D eigenvalue weighted by atomic mass is 16.6. The van der Waals surface area contributed by atoms with Crippen LogP contribution in [-0.2, 0) is 9.53 Å². The van der Waals surface area contributed by atoms with Crippen molar-refractivity contribution in [2.75, 3.05) is 7.05 Å². The van der Waals surface area contributed by atoms with E-state index in [-0.39, 0.29) is 0 Å². The number of carbonyl (C=O) groups is 2. The highest BCUT2D eigenvalue weighted by Crippen LogP contribution is 2.26. The van der Waals surface area contributed by atoms with Crippen molar-refractivity contribution in [1.29, 1.82) is 0 Å². The van der Waals surface area contributed by atoms with Gasteiger partial charge in [0.15, 0.2) is 0 Å². The summed E-state index contributed by atoms with van der Waals surface area (Å²) in [4.78, 5) is 23.2. The monoisotopic (exact) mass is 277 g/mol. The molecule has 20 heavy (non-hydrogen) atoms. The zero-order valence-electron chi connectivity index (χ0n) is 12.8. The number of aryl methyl sites for hydroxylation is 1. The number of nitrogens with one attached hydrogen (secondary N) is 1. The van der Waals surface area contributed by atoms with Crippen LogP contribution in [0.5, 0.6) is 0 Å². The van der Waals surface area contributed by atoms with Gasteiger partial charge in [-0.1, -0.05) is 44.5 Å². The third kappa shape index (κ3) is 4.08. The Labute approximate surface area is 120 Å². The van der Waals surface area contributed by atoms with Gasteiger partial charge < -0.3 is 10.1 Å². The van der Waals surface area contributed by atoms with Crippen LogP contribution in [0.25, 0.3) is 0 Å². The fourth-order valence-corrected chi connectivity index (χ4v) is 2.13. The van der Waals surface area contributed by atoms with Crippen LogP contribution in [0, 0.1) is 6.92 Å². The van der Waals surface area contributed by atoms with Crippen molar-refractivity contribution in [2.45, 2.75) is 46.0 Å². The van der Waals surface area contributed by atoms with Gasteiger partial charge in [-0.25, -0.2) is 4.79 Å². The van der Waals surface area contributed by atoms with E-state index in [1.165, 1.54) is 12.6 Å². The minimum absolute atomic E-state index is 0.390. The summed E-state index contributed by atoms with van der Waals surface area (Å²) in [6.07, 6.45) is -0.123. The van der Waals surface area contributed by atoms with Crippen molar-refractivity contribution in [3.8, 4) is 0 Å². The molecule has 1 aromatic carbocycles. The number of amides is 1. The summed E-state index contributed by atoms with van der Waals surface area (Å²) in [5.41, 5.74) is 3.20. The predicted molar refractivity (Wildman–Crippen MR) is 78.8 cm³/mol. The minimum Gasteiger partial charge on any atom is -0.376 e. The first kappa shape index (κ1) is 16.2. The van der Waals surface area contributed by atoms with Gasteiger partial charge in [0.2, 0.25) is 0 Å². The Balaban J connectivity index is 3.05. The molecular weight excluding hydrogens is 254 g/mol. The van der Waals surface area contributed by atoms with Gasteiger partial charge in [0.1, 0.15) is 0 Å². The normalized spacial score (nSPS) is 12.1. The number of alkyl carbamates (subject to hydrolysis) is 1. The smallest absolute Gasteiger partial charge is 0.376 e. The highest BCUT2D eigenvalue weighted by Gasteiger charge is 2.23. The van der Waals surface area contributed by atoms with Gasteiger partial charge in [0.25, 0.3) is 0 Å². The van der Waals surface area contributed by atoms with Crippen LogP contribution in [-0.4, -0.2) is 19.1 Å². The Kier molecular flexibility index (Phi) is 5.74. The van der Waals surface area contributed by atoms with Gasteiger partial charge in [-0.05, 0) is 30.4 Å². The SMILES string of the molecule is CCC(C(=O)OC(=O)NC)c1cc(C)cc(C(C)C)c1. The molecule has 0 radical (unpaired) electrons. The Morgan fingerprint density at radius 2 is 1.80 bits per heavy atom. The second-order valence-corrected chi connectivity index (χ2v) is 5.25. The molecule has 0 aliphatic carbocycles. The lowest BCUT2D eigenvalue weighted by Crippen LogP contribution is -2.26. The average molecular weight is 277 g/mol. The topological polar surface area (TPSA) is 55.4 Å². The van der Waals surface area contributed by atoms with Crippen molar-refractivity contribution < 1.29 is 14.3 Å². The first-order valence-corrected chi connectivity index (χ1v) is 6.93. The van der Waals surface area contributed by atoms with E-state index in [1.54, 1.807) is 0 Å². The molecule has 0 aliphatic heterocycles. The van der Waals surface area contributed by atoms with Crippen LogP contribution >= 0.6 is 0 Å². The van der Waals surface area contributed by atoms with Crippen molar-refractivity contribution in [3.05, 3.63) is 34.9 Å². The van der Waals surface area contributed by atoms with E-state index in [4.69, 9.17) is 4.74 Å². The van der Waals surface area contributed by atoms with Crippen LogP contribution in [0.2, 0.25) is 0 Å². The lowest BCUT2D eigenvalue weighted by molar-refractivity contribution is -0.139. The zero-order valence-corrected chi connectivity index (χ0v) is 12.8. The van der Waals surface area contributed by atoms with E-state index in [0.717, 1.165) is 11.1 Å². The second kappa shape index (κ2) is 7.08. The van der Waals surface area contributed by atoms with E-state index >= 15 is 0 Å². The summed E-state index contributed by atoms with van der Waals surface area (Å²) in [7, 11) is 1.43. The number of esters is 1. The lowest BCUT2D eigenvalue weighted by atomic mass is 9.90. The predicted octanol–water partition coefficient (Wildman–Crippen LogP) is 3.49. The van der Waals surface area contributed by atoms with Crippen LogP contribution in [0.15, 0.2) is 18.2 Å². The second-order valence-electron chi connectivity index (χ2n) is 5.25. The Bertz CT molecular complexity index is 494. The Morgan fingerprint density at radius 3 is 2.30 bits per heavy atom. The molecule has 1 aromatic rings. The molecule has 0 spiro atoms. The van der Waals surface area contributed by atoms with Gasteiger partial charge in [-0.3, -0.25) is 4.79 Å². The number of carbonyl (C=O) groups excluding carboxylic acids is 2. The van der Waals surface area contributed by atoms with Gasteiger partial charge in [-0.15, -0.1) is 0 Å². The molecular formula is C16H23NO3. The van der Waals surface area contributed by atoms with E-state index in [0.29, 0.717) is 12.3 Å². The van der Waals surface area contributed by atoms with Crippen LogP contribution in [0.4, 0.5) is 4.79 Å². The summed E-state index contributed by atoms with van der Waals surface area (Å²) < 4.78 is 4.76. The van der Waals surface area contributed by atoms with E-state index in [9.17, 15) is 9.59 Å². The molecule has 1 rings (SSSR count). The molecule has 0 fully saturated rings. The molecule has 1 amide bonds. The van der Waals surface area contributed by atoms with E-state index in [2.05, 4.69) is 25.2 Å². The number of benzene rings is 1. The summed E-state index contributed by atoms with van der Waals surface area (Å²) in [6, 6.07) is 6.12. The molecule has 110 valence electrons. The summed E-state index contributed by atoms with van der Waals surface area (Å²) in [5, 5.41) is 2.29. The molecule has 4 heteroatoms. The molecule has 0 saturated carbocycles. The first-order valence-electron chi connectivity index (χ1n) is 6.93. The number of hydrogen-bond donors (Lipinski definition) is 1. The first-order chi connectivity index (χ1) is 9.38. The molecule has 0 saturated heterocycles. The molecule has 0 aliphatic rings. The Morgan fingerprint density at radius 1 is 1.20 bits per heavy atom. The third-order valence-corrected chi connectivity index (χ3v) is 3.28. The number of ether oxygens (including phenoxy) is 1. The maximum Gasteiger partial charge on any atom is 0.414 e. The van der Waals surface area contributed by atoms with Gasteiger partial charge in [-0.2, -0.15) is 0 Å². The van der Waals surface area contributed by atoms with Crippen molar-refractivity contribution in [3.63, 3.8) is 0 Å². The van der Waals surface area contributed by atoms with Crippen LogP contribution in [0.3, 0.4) is 0 Å². The highest BCUT2D eigenvalue weighted by molar-refractivity contribution is 5.88. The van der Waals surface area contributed by atoms with E-state index in [1.807, 2.05) is 26.0 Å². The largest absolute Gasteiger partial charge is 0.414 e. The number of hydrogen-bond acceptors (Lipinski definition) is 3. The lowest BCUT2D eigenvalue weighted by Gasteiger charge is -2.17. The molecule has 0 heterocycles. The Hall–Kier alpha value is -1.84.